The number of pyridine rings is 1. The van der Waals surface area contributed by atoms with E-state index in [1.54, 1.807) is 6.20 Å². The van der Waals surface area contributed by atoms with Crippen LogP contribution in [0.15, 0.2) is 30.6 Å². The summed E-state index contributed by atoms with van der Waals surface area (Å²) in [6, 6.07) is 6.13. The van der Waals surface area contributed by atoms with Crippen LogP contribution in [-0.4, -0.2) is 40.2 Å². The summed E-state index contributed by atoms with van der Waals surface area (Å²) in [4.78, 5) is 13.3. The minimum Gasteiger partial charge on any atom is -0.376 e. The van der Waals surface area contributed by atoms with Crippen molar-refractivity contribution < 1.29 is 4.74 Å². The molecule has 0 saturated carbocycles. The Morgan fingerprint density at radius 3 is 2.96 bits per heavy atom. The summed E-state index contributed by atoms with van der Waals surface area (Å²) in [6.07, 6.45) is 6.08. The fourth-order valence-corrected chi connectivity index (χ4v) is 2.55. The van der Waals surface area contributed by atoms with E-state index in [1.165, 1.54) is 0 Å². The lowest BCUT2D eigenvalue weighted by molar-refractivity contribution is 0.120. The van der Waals surface area contributed by atoms with Crippen LogP contribution in [0.3, 0.4) is 0 Å². The lowest BCUT2D eigenvalue weighted by Gasteiger charge is -2.15. The highest BCUT2D eigenvalue weighted by Crippen LogP contribution is 2.21. The van der Waals surface area contributed by atoms with Crippen LogP contribution < -0.4 is 10.6 Å². The molecule has 1 saturated heterocycles. The zero-order valence-corrected chi connectivity index (χ0v) is 13.6. The van der Waals surface area contributed by atoms with Gasteiger partial charge in [-0.05, 0) is 38.8 Å². The molecule has 1 aliphatic rings. The molecule has 0 bridgehead atoms. The highest BCUT2D eigenvalue weighted by molar-refractivity contribution is 5.63. The van der Waals surface area contributed by atoms with Gasteiger partial charge in [0.25, 0.3) is 0 Å². The van der Waals surface area contributed by atoms with Gasteiger partial charge in [-0.1, -0.05) is 0 Å². The topological polar surface area (TPSA) is 72.0 Å². The van der Waals surface area contributed by atoms with E-state index in [0.29, 0.717) is 5.95 Å². The Kier molecular flexibility index (Phi) is 5.02. The predicted molar refractivity (Wildman–Crippen MR) is 91.5 cm³/mol. The summed E-state index contributed by atoms with van der Waals surface area (Å²) in [5, 5.41) is 6.64. The molecule has 6 nitrogen and oxygen atoms in total. The Hall–Kier alpha value is -2.21. The molecule has 0 amide bonds. The minimum absolute atomic E-state index is 0.269. The highest BCUT2D eigenvalue weighted by atomic mass is 16.5. The molecule has 0 unspecified atom stereocenters. The second-order valence-corrected chi connectivity index (χ2v) is 6.02. The van der Waals surface area contributed by atoms with Gasteiger partial charge in [0, 0.05) is 43.2 Å². The molecule has 23 heavy (non-hydrogen) atoms. The minimum atomic E-state index is 0.269. The van der Waals surface area contributed by atoms with Gasteiger partial charge in [0.05, 0.1) is 11.8 Å². The van der Waals surface area contributed by atoms with E-state index in [4.69, 9.17) is 4.74 Å². The zero-order valence-electron chi connectivity index (χ0n) is 13.6. The van der Waals surface area contributed by atoms with E-state index in [1.807, 2.05) is 24.4 Å². The molecule has 1 aliphatic heterocycles. The predicted octanol–water partition coefficient (Wildman–Crippen LogP) is 2.95. The average Bonchev–Trinajstić information content (AvgIpc) is 3.06. The number of rotatable bonds is 6. The van der Waals surface area contributed by atoms with Gasteiger partial charge >= 0.3 is 0 Å². The van der Waals surface area contributed by atoms with Crippen LogP contribution in [0.25, 0.3) is 11.3 Å². The Balaban J connectivity index is 1.81. The first-order chi connectivity index (χ1) is 11.2. The molecule has 1 fully saturated rings. The number of nitrogens with one attached hydrogen (secondary N) is 2. The van der Waals surface area contributed by atoms with Crippen molar-refractivity contribution in [3.63, 3.8) is 0 Å². The first-order valence-electron chi connectivity index (χ1n) is 8.12. The first kappa shape index (κ1) is 15.7. The van der Waals surface area contributed by atoms with Gasteiger partial charge < -0.3 is 15.4 Å². The normalized spacial score (nSPS) is 17.4. The summed E-state index contributed by atoms with van der Waals surface area (Å²) in [7, 11) is 0. The third-order valence-corrected chi connectivity index (χ3v) is 3.64. The Morgan fingerprint density at radius 1 is 1.35 bits per heavy atom. The van der Waals surface area contributed by atoms with Crippen molar-refractivity contribution in [2.45, 2.75) is 38.8 Å². The standard InChI is InChI=1S/C17H23N5O/c1-12(2)20-17-21-15(13-5-3-7-18-10-13)9-16(22-17)19-11-14-6-4-8-23-14/h3,5,7,9-10,12,14H,4,6,8,11H2,1-2H3,(H2,19,20,21,22)/t14-/m1/s1. The van der Waals surface area contributed by atoms with Gasteiger partial charge in [-0.15, -0.1) is 0 Å². The van der Waals surface area contributed by atoms with Crippen LogP contribution in [0, 0.1) is 0 Å². The van der Waals surface area contributed by atoms with Gasteiger partial charge in [0.2, 0.25) is 5.95 Å². The molecule has 2 N–H and O–H groups in total. The fourth-order valence-electron chi connectivity index (χ4n) is 2.55. The fraction of sp³-hybridized carbons (Fsp3) is 0.471. The zero-order chi connectivity index (χ0) is 16.1. The molecule has 2 aromatic rings. The monoisotopic (exact) mass is 313 g/mol. The third-order valence-electron chi connectivity index (χ3n) is 3.64. The van der Waals surface area contributed by atoms with Crippen molar-refractivity contribution in [1.82, 2.24) is 15.0 Å². The first-order valence-corrected chi connectivity index (χ1v) is 8.12. The molecule has 0 spiro atoms. The van der Waals surface area contributed by atoms with Crippen LogP contribution in [0.5, 0.6) is 0 Å². The second kappa shape index (κ2) is 7.37. The average molecular weight is 313 g/mol. The molecule has 0 radical (unpaired) electrons. The quantitative estimate of drug-likeness (QED) is 0.854. The van der Waals surface area contributed by atoms with Crippen molar-refractivity contribution >= 4 is 11.8 Å². The molecule has 1 atom stereocenters. The van der Waals surface area contributed by atoms with Crippen LogP contribution in [-0.2, 0) is 4.74 Å². The molecule has 3 rings (SSSR count). The summed E-state index contributed by atoms with van der Waals surface area (Å²) in [6.45, 7) is 5.76. The Bertz CT molecular complexity index is 626. The number of hydrogen-bond donors (Lipinski definition) is 2. The van der Waals surface area contributed by atoms with Gasteiger partial charge in [0.1, 0.15) is 5.82 Å². The van der Waals surface area contributed by atoms with Crippen molar-refractivity contribution in [3.05, 3.63) is 30.6 Å². The number of anilines is 2. The van der Waals surface area contributed by atoms with E-state index in [9.17, 15) is 0 Å². The smallest absolute Gasteiger partial charge is 0.225 e. The van der Waals surface area contributed by atoms with E-state index >= 15 is 0 Å². The summed E-state index contributed by atoms with van der Waals surface area (Å²) < 4.78 is 5.65. The molecule has 2 aromatic heterocycles. The lowest BCUT2D eigenvalue weighted by Crippen LogP contribution is -2.20. The van der Waals surface area contributed by atoms with Gasteiger partial charge in [-0.2, -0.15) is 4.98 Å². The van der Waals surface area contributed by atoms with Crippen molar-refractivity contribution in [1.29, 1.82) is 0 Å². The maximum Gasteiger partial charge on any atom is 0.225 e. The molecule has 3 heterocycles. The summed E-state index contributed by atoms with van der Waals surface area (Å²) in [5.74, 6) is 1.42. The number of nitrogens with zero attached hydrogens (tertiary/aromatic N) is 3. The van der Waals surface area contributed by atoms with Gasteiger partial charge in [0.15, 0.2) is 0 Å². The summed E-state index contributed by atoms with van der Waals surface area (Å²) >= 11 is 0. The van der Waals surface area contributed by atoms with Crippen LogP contribution in [0.4, 0.5) is 11.8 Å². The van der Waals surface area contributed by atoms with Gasteiger partial charge in [-0.3, -0.25) is 4.98 Å². The van der Waals surface area contributed by atoms with Crippen LogP contribution in [0.1, 0.15) is 26.7 Å². The molecular formula is C17H23N5O. The van der Waals surface area contributed by atoms with Crippen molar-refractivity contribution in [3.8, 4) is 11.3 Å². The number of ether oxygens (including phenoxy) is 1. The second-order valence-electron chi connectivity index (χ2n) is 6.02. The van der Waals surface area contributed by atoms with E-state index < -0.39 is 0 Å². The van der Waals surface area contributed by atoms with E-state index in [2.05, 4.69) is 39.4 Å². The van der Waals surface area contributed by atoms with Crippen molar-refractivity contribution in [2.24, 2.45) is 0 Å². The molecule has 122 valence electrons. The highest BCUT2D eigenvalue weighted by Gasteiger charge is 2.16. The SMILES string of the molecule is CC(C)Nc1nc(NC[C@H]2CCCO2)cc(-c2cccnc2)n1. The van der Waals surface area contributed by atoms with Crippen LogP contribution in [0.2, 0.25) is 0 Å². The Labute approximate surface area is 136 Å². The summed E-state index contributed by atoms with van der Waals surface area (Å²) in [5.41, 5.74) is 1.83. The van der Waals surface area contributed by atoms with Crippen LogP contribution >= 0.6 is 0 Å². The largest absolute Gasteiger partial charge is 0.376 e. The lowest BCUT2D eigenvalue weighted by atomic mass is 10.2. The van der Waals surface area contributed by atoms with Crippen molar-refractivity contribution in [2.75, 3.05) is 23.8 Å². The van der Waals surface area contributed by atoms with E-state index in [0.717, 1.165) is 43.1 Å². The van der Waals surface area contributed by atoms with E-state index in [-0.39, 0.29) is 12.1 Å². The molecular weight excluding hydrogens is 290 g/mol. The Morgan fingerprint density at radius 2 is 2.26 bits per heavy atom. The number of aromatic nitrogens is 3. The maximum atomic E-state index is 5.65. The molecule has 0 aliphatic carbocycles. The maximum absolute atomic E-state index is 5.65. The molecule has 0 aromatic carbocycles. The van der Waals surface area contributed by atoms with Gasteiger partial charge in [-0.25, -0.2) is 4.98 Å². The number of hydrogen-bond acceptors (Lipinski definition) is 6. The molecule has 6 heteroatoms. The third kappa shape index (κ3) is 4.39.